The summed E-state index contributed by atoms with van der Waals surface area (Å²) in [6, 6.07) is 16.9. The molecule has 3 rings (SSSR count). The van der Waals surface area contributed by atoms with Crippen LogP contribution in [0.1, 0.15) is 43.7 Å². The van der Waals surface area contributed by atoms with E-state index < -0.39 is 12.1 Å². The molecule has 5 heteroatoms. The van der Waals surface area contributed by atoms with Crippen LogP contribution in [0.3, 0.4) is 0 Å². The summed E-state index contributed by atoms with van der Waals surface area (Å²) in [6.45, 7) is 5.01. The second-order valence-corrected chi connectivity index (χ2v) is 7.16. The average Bonchev–Trinajstić information content (AvgIpc) is 3.17. The van der Waals surface area contributed by atoms with Crippen molar-refractivity contribution >= 4 is 17.7 Å². The van der Waals surface area contributed by atoms with Crippen LogP contribution in [-0.2, 0) is 16.1 Å². The van der Waals surface area contributed by atoms with Gasteiger partial charge in [-0.1, -0.05) is 56.3 Å². The number of amides is 2. The van der Waals surface area contributed by atoms with Crippen LogP contribution in [0.2, 0.25) is 0 Å². The average molecular weight is 366 g/mol. The Morgan fingerprint density at radius 2 is 1.81 bits per heavy atom. The molecule has 1 N–H and O–H groups in total. The van der Waals surface area contributed by atoms with Crippen LogP contribution in [0, 0.1) is 0 Å². The molecule has 0 saturated carbocycles. The van der Waals surface area contributed by atoms with Crippen LogP contribution in [0.25, 0.3) is 0 Å². The first-order valence-corrected chi connectivity index (χ1v) is 9.42. The van der Waals surface area contributed by atoms with Crippen molar-refractivity contribution in [1.82, 2.24) is 4.90 Å². The SMILES string of the molecule is CC(C)c1ccc(NC(=O)[C@@H]2CCCN2C(=O)OCc2ccccc2)cc1. The van der Waals surface area contributed by atoms with Gasteiger partial charge in [0, 0.05) is 12.2 Å². The van der Waals surface area contributed by atoms with Crippen LogP contribution in [0.15, 0.2) is 54.6 Å². The van der Waals surface area contributed by atoms with Crippen LogP contribution in [0.4, 0.5) is 10.5 Å². The van der Waals surface area contributed by atoms with E-state index in [4.69, 9.17) is 4.74 Å². The molecule has 1 fully saturated rings. The number of nitrogens with one attached hydrogen (secondary N) is 1. The summed E-state index contributed by atoms with van der Waals surface area (Å²) < 4.78 is 5.39. The molecule has 27 heavy (non-hydrogen) atoms. The summed E-state index contributed by atoms with van der Waals surface area (Å²) >= 11 is 0. The fourth-order valence-electron chi connectivity index (χ4n) is 3.24. The Morgan fingerprint density at radius 1 is 1.11 bits per heavy atom. The van der Waals surface area contributed by atoms with Crippen molar-refractivity contribution < 1.29 is 14.3 Å². The zero-order valence-electron chi connectivity index (χ0n) is 15.9. The van der Waals surface area contributed by atoms with Crippen LogP contribution in [0.5, 0.6) is 0 Å². The first kappa shape index (κ1) is 19.0. The van der Waals surface area contributed by atoms with Gasteiger partial charge in [0.15, 0.2) is 0 Å². The number of hydrogen-bond acceptors (Lipinski definition) is 3. The van der Waals surface area contributed by atoms with Crippen molar-refractivity contribution in [2.24, 2.45) is 0 Å². The van der Waals surface area contributed by atoms with Gasteiger partial charge in [0.25, 0.3) is 0 Å². The summed E-state index contributed by atoms with van der Waals surface area (Å²) in [5, 5.41) is 2.92. The van der Waals surface area contributed by atoms with E-state index in [0.717, 1.165) is 17.7 Å². The van der Waals surface area contributed by atoms with E-state index in [0.29, 0.717) is 18.9 Å². The summed E-state index contributed by atoms with van der Waals surface area (Å²) in [5.74, 6) is 0.279. The third kappa shape index (κ3) is 4.88. The number of benzene rings is 2. The number of rotatable bonds is 5. The van der Waals surface area contributed by atoms with Gasteiger partial charge >= 0.3 is 6.09 Å². The molecule has 1 heterocycles. The molecule has 0 aliphatic carbocycles. The molecule has 2 amide bonds. The maximum absolute atomic E-state index is 12.7. The number of hydrogen-bond donors (Lipinski definition) is 1. The molecule has 1 saturated heterocycles. The highest BCUT2D eigenvalue weighted by Gasteiger charge is 2.35. The minimum absolute atomic E-state index is 0.165. The molecule has 2 aromatic carbocycles. The Morgan fingerprint density at radius 3 is 2.48 bits per heavy atom. The van der Waals surface area contributed by atoms with E-state index in [2.05, 4.69) is 19.2 Å². The molecule has 0 aromatic heterocycles. The second-order valence-electron chi connectivity index (χ2n) is 7.16. The van der Waals surface area contributed by atoms with Crippen LogP contribution in [-0.4, -0.2) is 29.5 Å². The van der Waals surface area contributed by atoms with Crippen LogP contribution < -0.4 is 5.32 Å². The number of nitrogens with zero attached hydrogens (tertiary/aromatic N) is 1. The quantitative estimate of drug-likeness (QED) is 0.844. The lowest BCUT2D eigenvalue weighted by molar-refractivity contribution is -0.120. The predicted molar refractivity (Wildman–Crippen MR) is 106 cm³/mol. The zero-order valence-corrected chi connectivity index (χ0v) is 15.9. The van der Waals surface area contributed by atoms with Crippen molar-refractivity contribution in [2.75, 3.05) is 11.9 Å². The molecule has 1 atom stereocenters. The molecule has 0 radical (unpaired) electrons. The Labute approximate surface area is 160 Å². The Hall–Kier alpha value is -2.82. The zero-order chi connectivity index (χ0) is 19.2. The van der Waals surface area contributed by atoms with Crippen molar-refractivity contribution in [2.45, 2.75) is 45.3 Å². The molecule has 2 aromatic rings. The Bertz CT molecular complexity index is 772. The maximum Gasteiger partial charge on any atom is 0.410 e. The van der Waals surface area contributed by atoms with Gasteiger partial charge in [-0.15, -0.1) is 0 Å². The maximum atomic E-state index is 12.7. The minimum Gasteiger partial charge on any atom is -0.445 e. The van der Waals surface area contributed by atoms with Crippen molar-refractivity contribution in [3.05, 3.63) is 65.7 Å². The van der Waals surface area contributed by atoms with Crippen molar-refractivity contribution in [3.8, 4) is 0 Å². The van der Waals surface area contributed by atoms with Gasteiger partial charge in [-0.05, 0) is 42.0 Å². The highest BCUT2D eigenvalue weighted by Crippen LogP contribution is 2.22. The van der Waals surface area contributed by atoms with E-state index in [1.54, 1.807) is 0 Å². The van der Waals surface area contributed by atoms with E-state index in [1.165, 1.54) is 10.5 Å². The highest BCUT2D eigenvalue weighted by molar-refractivity contribution is 5.96. The van der Waals surface area contributed by atoms with E-state index in [-0.39, 0.29) is 12.5 Å². The molecule has 0 bridgehead atoms. The standard InChI is InChI=1S/C22H26N2O3/c1-16(2)18-10-12-19(13-11-18)23-21(25)20-9-6-14-24(20)22(26)27-15-17-7-4-3-5-8-17/h3-5,7-8,10-13,16,20H,6,9,14-15H2,1-2H3,(H,23,25)/t20-/m0/s1. The van der Waals surface area contributed by atoms with Gasteiger partial charge in [-0.3, -0.25) is 9.69 Å². The first-order valence-electron chi connectivity index (χ1n) is 9.42. The normalized spacial score (nSPS) is 16.4. The highest BCUT2D eigenvalue weighted by atomic mass is 16.6. The third-order valence-electron chi connectivity index (χ3n) is 4.84. The predicted octanol–water partition coefficient (Wildman–Crippen LogP) is 4.55. The largest absolute Gasteiger partial charge is 0.445 e. The first-order chi connectivity index (χ1) is 13.0. The summed E-state index contributed by atoms with van der Waals surface area (Å²) in [5.41, 5.74) is 2.89. The van der Waals surface area contributed by atoms with Crippen molar-refractivity contribution in [1.29, 1.82) is 0 Å². The second kappa shape index (κ2) is 8.71. The van der Waals surface area contributed by atoms with Gasteiger partial charge in [-0.25, -0.2) is 4.79 Å². The topological polar surface area (TPSA) is 58.6 Å². The van der Waals surface area contributed by atoms with Crippen molar-refractivity contribution in [3.63, 3.8) is 0 Å². The number of carbonyl (C=O) groups is 2. The Kier molecular flexibility index (Phi) is 6.12. The molecule has 1 aliphatic rings. The van der Waals surface area contributed by atoms with Gasteiger partial charge in [0.1, 0.15) is 12.6 Å². The number of ether oxygens (including phenoxy) is 1. The van der Waals surface area contributed by atoms with E-state index >= 15 is 0 Å². The molecule has 142 valence electrons. The lowest BCUT2D eigenvalue weighted by atomic mass is 10.0. The fraction of sp³-hybridized carbons (Fsp3) is 0.364. The summed E-state index contributed by atoms with van der Waals surface area (Å²) in [7, 11) is 0. The van der Waals surface area contributed by atoms with Gasteiger partial charge < -0.3 is 10.1 Å². The lowest BCUT2D eigenvalue weighted by Crippen LogP contribution is -2.43. The monoisotopic (exact) mass is 366 g/mol. The van der Waals surface area contributed by atoms with Gasteiger partial charge in [-0.2, -0.15) is 0 Å². The molecule has 0 unspecified atom stereocenters. The Balaban J connectivity index is 1.57. The molecule has 5 nitrogen and oxygen atoms in total. The van der Waals surface area contributed by atoms with Gasteiger partial charge in [0.05, 0.1) is 0 Å². The lowest BCUT2D eigenvalue weighted by Gasteiger charge is -2.23. The molecular formula is C22H26N2O3. The molecule has 1 aliphatic heterocycles. The van der Waals surface area contributed by atoms with Gasteiger partial charge in [0.2, 0.25) is 5.91 Å². The van der Waals surface area contributed by atoms with Crippen LogP contribution >= 0.6 is 0 Å². The minimum atomic E-state index is -0.488. The smallest absolute Gasteiger partial charge is 0.410 e. The number of anilines is 1. The molecule has 0 spiro atoms. The summed E-state index contributed by atoms with van der Waals surface area (Å²) in [6.07, 6.45) is 1.01. The fourth-order valence-corrected chi connectivity index (χ4v) is 3.24. The number of likely N-dealkylation sites (tertiary alicyclic amines) is 1. The molecular weight excluding hydrogens is 340 g/mol. The third-order valence-corrected chi connectivity index (χ3v) is 4.84. The number of carbonyl (C=O) groups excluding carboxylic acids is 2. The van der Waals surface area contributed by atoms with E-state index in [9.17, 15) is 9.59 Å². The van der Waals surface area contributed by atoms with E-state index in [1.807, 2.05) is 54.6 Å². The summed E-state index contributed by atoms with van der Waals surface area (Å²) in [4.78, 5) is 26.6.